The molecule has 162 valence electrons. The average Bonchev–Trinajstić information content (AvgIpc) is 3.29. The minimum atomic E-state index is -3.77. The largest absolute Gasteiger partial charge is 0.320 e. The van der Waals surface area contributed by atoms with E-state index in [2.05, 4.69) is 18.8 Å². The molecule has 2 N–H and O–H groups in total. The van der Waals surface area contributed by atoms with E-state index in [1.807, 2.05) is 12.1 Å². The summed E-state index contributed by atoms with van der Waals surface area (Å²) in [6, 6.07) is 17.1. The van der Waals surface area contributed by atoms with E-state index in [1.165, 1.54) is 11.6 Å². The van der Waals surface area contributed by atoms with Crippen LogP contribution in [-0.4, -0.2) is 23.1 Å². The summed E-state index contributed by atoms with van der Waals surface area (Å²) in [5.74, 6) is -0.361. The van der Waals surface area contributed by atoms with Crippen LogP contribution in [0, 0.1) is 0 Å². The summed E-state index contributed by atoms with van der Waals surface area (Å²) in [6.07, 6.45) is 4.10. The molecule has 7 nitrogen and oxygen atoms in total. The lowest BCUT2D eigenvalue weighted by Crippen LogP contribution is -2.16. The maximum atomic E-state index is 13.0. The maximum absolute atomic E-state index is 13.0. The molecule has 0 bridgehead atoms. The second kappa shape index (κ2) is 8.33. The zero-order valence-electron chi connectivity index (χ0n) is 17.0. The van der Waals surface area contributed by atoms with Crippen molar-refractivity contribution < 1.29 is 13.2 Å². The molecular formula is C23H20N4O3S2. The zero-order valence-corrected chi connectivity index (χ0v) is 18.7. The van der Waals surface area contributed by atoms with Gasteiger partial charge in [0.05, 0.1) is 22.3 Å². The quantitative estimate of drug-likeness (QED) is 0.449. The summed E-state index contributed by atoms with van der Waals surface area (Å²) < 4.78 is 36.9. The van der Waals surface area contributed by atoms with Crippen molar-refractivity contribution in [2.45, 2.75) is 30.6 Å². The highest BCUT2D eigenvalue weighted by atomic mass is 32.2. The first-order chi connectivity index (χ1) is 15.5. The minimum absolute atomic E-state index is 0.232. The summed E-state index contributed by atoms with van der Waals surface area (Å²) >= 11 is 1.08. The maximum Gasteiger partial charge on any atom is 0.261 e. The second-order valence-electron chi connectivity index (χ2n) is 7.72. The Kier molecular flexibility index (Phi) is 5.36. The predicted molar refractivity (Wildman–Crippen MR) is 126 cm³/mol. The summed E-state index contributed by atoms with van der Waals surface area (Å²) in [4.78, 5) is 13.0. The lowest BCUT2D eigenvalue weighted by molar-refractivity contribution is 0.102. The van der Waals surface area contributed by atoms with Gasteiger partial charge in [-0.15, -0.1) is 0 Å². The van der Waals surface area contributed by atoms with E-state index < -0.39 is 10.0 Å². The topological polar surface area (TPSA) is 101 Å². The molecule has 3 aromatic carbocycles. The van der Waals surface area contributed by atoms with Gasteiger partial charge < -0.3 is 5.32 Å². The van der Waals surface area contributed by atoms with Gasteiger partial charge in [0.2, 0.25) is 0 Å². The molecule has 32 heavy (non-hydrogen) atoms. The molecule has 1 aromatic heterocycles. The fourth-order valence-corrected chi connectivity index (χ4v) is 5.57. The molecule has 0 aliphatic heterocycles. The van der Waals surface area contributed by atoms with E-state index in [0.717, 1.165) is 43.0 Å². The number of amides is 1. The van der Waals surface area contributed by atoms with Crippen molar-refractivity contribution in [1.82, 2.24) is 8.75 Å². The number of anilines is 2. The highest BCUT2D eigenvalue weighted by molar-refractivity contribution is 7.92. The van der Waals surface area contributed by atoms with Crippen molar-refractivity contribution in [3.63, 3.8) is 0 Å². The number of carbonyl (C=O) groups excluding carboxylic acids is 1. The molecule has 1 amide bonds. The number of benzene rings is 3. The average molecular weight is 465 g/mol. The van der Waals surface area contributed by atoms with E-state index in [1.54, 1.807) is 42.5 Å². The summed E-state index contributed by atoms with van der Waals surface area (Å²) in [5.41, 5.74) is 4.85. The van der Waals surface area contributed by atoms with Crippen molar-refractivity contribution in [2.24, 2.45) is 0 Å². The van der Waals surface area contributed by atoms with Gasteiger partial charge >= 0.3 is 0 Å². The molecule has 9 heteroatoms. The first-order valence-corrected chi connectivity index (χ1v) is 12.5. The molecule has 4 aromatic rings. The smallest absolute Gasteiger partial charge is 0.261 e. The van der Waals surface area contributed by atoms with E-state index in [0.29, 0.717) is 28.0 Å². The van der Waals surface area contributed by atoms with E-state index in [4.69, 9.17) is 0 Å². The molecule has 0 radical (unpaired) electrons. The molecular weight excluding hydrogens is 444 g/mol. The van der Waals surface area contributed by atoms with Crippen molar-refractivity contribution in [3.8, 4) is 0 Å². The lowest BCUT2D eigenvalue weighted by Gasteiger charge is -2.17. The van der Waals surface area contributed by atoms with Crippen LogP contribution in [0.2, 0.25) is 0 Å². The predicted octanol–water partition coefficient (Wildman–Crippen LogP) is 4.62. The van der Waals surface area contributed by atoms with Crippen LogP contribution in [0.5, 0.6) is 0 Å². The van der Waals surface area contributed by atoms with Gasteiger partial charge in [0.15, 0.2) is 0 Å². The van der Waals surface area contributed by atoms with Crippen molar-refractivity contribution in [3.05, 3.63) is 77.4 Å². The zero-order chi connectivity index (χ0) is 22.1. The number of carbonyl (C=O) groups is 1. The Morgan fingerprint density at radius 1 is 0.906 bits per heavy atom. The first-order valence-electron chi connectivity index (χ1n) is 10.3. The fraction of sp³-hybridized carbons (Fsp3) is 0.174. The lowest BCUT2D eigenvalue weighted by atomic mass is 9.92. The highest BCUT2D eigenvalue weighted by Gasteiger charge is 2.19. The molecule has 1 aliphatic rings. The monoisotopic (exact) mass is 464 g/mol. The van der Waals surface area contributed by atoms with Gasteiger partial charge in [0.1, 0.15) is 11.0 Å². The standard InChI is InChI=1S/C23H20N4O3S2/c28-23(24-20-9-4-10-21-22(20)26-31-25-21)17-7-3-8-18(13-17)27-32(29,30)19-12-11-15-5-1-2-6-16(15)14-19/h3-4,7-14,27H,1-2,5-6H2,(H,24,28). The number of nitrogens with zero attached hydrogens (tertiary/aromatic N) is 2. The number of fused-ring (bicyclic) bond motifs is 2. The minimum Gasteiger partial charge on any atom is -0.320 e. The Balaban J connectivity index is 1.37. The molecule has 1 heterocycles. The molecule has 0 fully saturated rings. The van der Waals surface area contributed by atoms with E-state index in [9.17, 15) is 13.2 Å². The van der Waals surface area contributed by atoms with Crippen molar-refractivity contribution in [1.29, 1.82) is 0 Å². The van der Waals surface area contributed by atoms with E-state index in [-0.39, 0.29) is 10.8 Å². The van der Waals surface area contributed by atoms with Gasteiger partial charge in [-0.1, -0.05) is 18.2 Å². The molecule has 0 spiro atoms. The molecule has 0 saturated carbocycles. The van der Waals surface area contributed by atoms with Gasteiger partial charge in [0, 0.05) is 11.3 Å². The first kappa shape index (κ1) is 20.6. The molecule has 5 rings (SSSR count). The molecule has 1 aliphatic carbocycles. The third-order valence-corrected chi connectivity index (χ3v) is 7.46. The Morgan fingerprint density at radius 3 is 2.59 bits per heavy atom. The van der Waals surface area contributed by atoms with Gasteiger partial charge in [0.25, 0.3) is 15.9 Å². The fourth-order valence-electron chi connectivity index (χ4n) is 3.92. The normalized spacial score (nSPS) is 13.5. The highest BCUT2D eigenvalue weighted by Crippen LogP contribution is 2.26. The second-order valence-corrected chi connectivity index (χ2v) is 9.93. The number of aromatic nitrogens is 2. The van der Waals surface area contributed by atoms with Crippen molar-refractivity contribution >= 4 is 50.1 Å². The molecule has 0 unspecified atom stereocenters. The number of nitrogens with one attached hydrogen (secondary N) is 2. The van der Waals surface area contributed by atoms with Crippen LogP contribution < -0.4 is 10.0 Å². The van der Waals surface area contributed by atoms with Crippen molar-refractivity contribution in [2.75, 3.05) is 10.0 Å². The Bertz CT molecular complexity index is 1430. The van der Waals surface area contributed by atoms with Crippen LogP contribution in [0.3, 0.4) is 0 Å². The van der Waals surface area contributed by atoms with Crippen LogP contribution in [-0.2, 0) is 22.9 Å². The number of aryl methyl sites for hydroxylation is 2. The van der Waals surface area contributed by atoms with Crippen LogP contribution in [0.15, 0.2) is 65.6 Å². The van der Waals surface area contributed by atoms with Crippen LogP contribution in [0.4, 0.5) is 11.4 Å². The van der Waals surface area contributed by atoms with Gasteiger partial charge in [-0.2, -0.15) is 8.75 Å². The van der Waals surface area contributed by atoms with Gasteiger partial charge in [-0.05, 0) is 79.3 Å². The molecule has 0 saturated heterocycles. The van der Waals surface area contributed by atoms with Crippen LogP contribution >= 0.6 is 11.7 Å². The summed E-state index contributed by atoms with van der Waals surface area (Å²) in [7, 11) is -3.77. The number of rotatable bonds is 5. The number of hydrogen-bond acceptors (Lipinski definition) is 6. The summed E-state index contributed by atoms with van der Waals surface area (Å²) in [6.45, 7) is 0. The number of hydrogen-bond donors (Lipinski definition) is 2. The third-order valence-electron chi connectivity index (χ3n) is 5.54. The Hall–Kier alpha value is -3.30. The Labute approximate surface area is 189 Å². The SMILES string of the molecule is O=C(Nc1cccc2nsnc12)c1cccc(NS(=O)(=O)c2ccc3c(c2)CCCC3)c1. The van der Waals surface area contributed by atoms with Crippen LogP contribution in [0.25, 0.3) is 11.0 Å². The summed E-state index contributed by atoms with van der Waals surface area (Å²) in [5, 5.41) is 2.83. The third kappa shape index (κ3) is 4.09. The van der Waals surface area contributed by atoms with Gasteiger partial charge in [-0.25, -0.2) is 8.42 Å². The number of sulfonamides is 1. The Morgan fingerprint density at radius 2 is 1.72 bits per heavy atom. The molecule has 0 atom stereocenters. The van der Waals surface area contributed by atoms with Gasteiger partial charge in [-0.3, -0.25) is 9.52 Å². The van der Waals surface area contributed by atoms with Crippen LogP contribution in [0.1, 0.15) is 34.3 Å². The van der Waals surface area contributed by atoms with E-state index >= 15 is 0 Å².